The van der Waals surface area contributed by atoms with E-state index in [0.29, 0.717) is 27.0 Å². The molecule has 0 aliphatic carbocycles. The van der Waals surface area contributed by atoms with Gasteiger partial charge in [0, 0.05) is 28.7 Å². The van der Waals surface area contributed by atoms with Crippen molar-refractivity contribution >= 4 is 58.3 Å². The minimum atomic E-state index is -1.10. The molecule has 0 bridgehead atoms. The van der Waals surface area contributed by atoms with Crippen molar-refractivity contribution in [1.29, 1.82) is 0 Å². The number of aliphatic imine (C=N–C) groups is 1. The van der Waals surface area contributed by atoms with E-state index in [-0.39, 0.29) is 31.3 Å². The molecule has 2 amide bonds. The first-order valence-corrected chi connectivity index (χ1v) is 10.4. The lowest BCUT2D eigenvalue weighted by atomic mass is 10.0. The van der Waals surface area contributed by atoms with E-state index in [1.807, 2.05) is 0 Å². The third kappa shape index (κ3) is 5.89. The summed E-state index contributed by atoms with van der Waals surface area (Å²) in [4.78, 5) is 42.3. The summed E-state index contributed by atoms with van der Waals surface area (Å²) in [5, 5.41) is 12.6. The molecule has 1 saturated heterocycles. The fourth-order valence-electron chi connectivity index (χ4n) is 3.51. The van der Waals surface area contributed by atoms with Gasteiger partial charge in [-0.2, -0.15) is 0 Å². The van der Waals surface area contributed by atoms with Crippen LogP contribution in [0, 0.1) is 5.92 Å². The van der Waals surface area contributed by atoms with Crippen LogP contribution in [0.4, 0.5) is 11.4 Å². The average Bonchev–Trinajstić information content (AvgIpc) is 3.08. The van der Waals surface area contributed by atoms with Crippen LogP contribution in [0.2, 0.25) is 10.0 Å². The maximum Gasteiger partial charge on any atom is 0.305 e. The van der Waals surface area contributed by atoms with Gasteiger partial charge in [-0.05, 0) is 42.0 Å². The van der Waals surface area contributed by atoms with E-state index in [9.17, 15) is 19.5 Å². The molecule has 168 valence electrons. The van der Waals surface area contributed by atoms with Crippen molar-refractivity contribution in [3.63, 3.8) is 0 Å². The first-order valence-electron chi connectivity index (χ1n) is 9.60. The second-order valence-electron chi connectivity index (χ2n) is 7.32. The summed E-state index contributed by atoms with van der Waals surface area (Å²) >= 11 is 12.0. The smallest absolute Gasteiger partial charge is 0.305 e. The standard InChI is InChI=1S/C21H21Cl2N5O4/c22-13-4-11(5-14(23)7-13)17(9-19(30)31)27-20(32)12-6-18(29)28(10-12)16-3-1-2-15(8-16)26-21(24)25/h1-5,7-8,12,17H,6,9-10H2,(H,27,32)(H,30,31)(H4,24,25,26). The van der Waals surface area contributed by atoms with Crippen LogP contribution in [0.15, 0.2) is 47.5 Å². The number of benzene rings is 2. The normalized spacial score (nSPS) is 16.5. The quantitative estimate of drug-likeness (QED) is 0.355. The lowest BCUT2D eigenvalue weighted by Gasteiger charge is -2.21. The van der Waals surface area contributed by atoms with E-state index in [2.05, 4.69) is 10.3 Å². The lowest BCUT2D eigenvalue weighted by Crippen LogP contribution is -2.36. The highest BCUT2D eigenvalue weighted by molar-refractivity contribution is 6.34. The zero-order chi connectivity index (χ0) is 23.4. The van der Waals surface area contributed by atoms with Crippen molar-refractivity contribution in [2.45, 2.75) is 18.9 Å². The number of guanidine groups is 1. The molecule has 32 heavy (non-hydrogen) atoms. The number of hydrogen-bond donors (Lipinski definition) is 4. The van der Waals surface area contributed by atoms with Gasteiger partial charge >= 0.3 is 5.97 Å². The van der Waals surface area contributed by atoms with Crippen LogP contribution >= 0.6 is 23.2 Å². The van der Waals surface area contributed by atoms with Crippen molar-refractivity contribution in [3.05, 3.63) is 58.1 Å². The largest absolute Gasteiger partial charge is 0.481 e. The van der Waals surface area contributed by atoms with Gasteiger partial charge in [-0.1, -0.05) is 29.3 Å². The molecule has 1 aliphatic heterocycles. The van der Waals surface area contributed by atoms with Crippen LogP contribution in [-0.4, -0.2) is 35.4 Å². The summed E-state index contributed by atoms with van der Waals surface area (Å²) in [5.74, 6) is -2.57. The van der Waals surface area contributed by atoms with Crippen molar-refractivity contribution in [3.8, 4) is 0 Å². The van der Waals surface area contributed by atoms with Gasteiger partial charge in [-0.15, -0.1) is 0 Å². The highest BCUT2D eigenvalue weighted by Crippen LogP contribution is 2.30. The molecule has 1 fully saturated rings. The Kier molecular flexibility index (Phi) is 7.22. The Morgan fingerprint density at radius 2 is 1.88 bits per heavy atom. The number of carbonyl (C=O) groups excluding carboxylic acids is 2. The van der Waals surface area contributed by atoms with Gasteiger partial charge < -0.3 is 26.8 Å². The predicted molar refractivity (Wildman–Crippen MR) is 122 cm³/mol. The second kappa shape index (κ2) is 9.88. The number of nitrogens with one attached hydrogen (secondary N) is 1. The molecule has 2 aromatic rings. The van der Waals surface area contributed by atoms with Crippen molar-refractivity contribution in [2.75, 3.05) is 11.4 Å². The first-order chi connectivity index (χ1) is 15.1. The Morgan fingerprint density at radius 1 is 1.19 bits per heavy atom. The maximum atomic E-state index is 12.9. The molecule has 0 saturated carbocycles. The van der Waals surface area contributed by atoms with Crippen LogP contribution in [0.5, 0.6) is 0 Å². The molecule has 11 heteroatoms. The zero-order valence-corrected chi connectivity index (χ0v) is 18.3. The summed E-state index contributed by atoms with van der Waals surface area (Å²) < 4.78 is 0. The SMILES string of the molecule is NC(N)=Nc1cccc(N2CC(C(=O)NC(CC(=O)O)c3cc(Cl)cc(Cl)c3)CC2=O)c1. The molecule has 1 aliphatic rings. The summed E-state index contributed by atoms with van der Waals surface area (Å²) in [5.41, 5.74) is 12.3. The van der Waals surface area contributed by atoms with E-state index < -0.39 is 23.8 Å². The summed E-state index contributed by atoms with van der Waals surface area (Å²) in [6, 6.07) is 10.5. The fraction of sp³-hybridized carbons (Fsp3) is 0.238. The number of rotatable bonds is 7. The van der Waals surface area contributed by atoms with Crippen LogP contribution < -0.4 is 21.7 Å². The molecule has 2 aromatic carbocycles. The van der Waals surface area contributed by atoms with E-state index >= 15 is 0 Å². The Bertz CT molecular complexity index is 1070. The molecule has 0 spiro atoms. The van der Waals surface area contributed by atoms with E-state index in [1.54, 1.807) is 36.4 Å². The topological polar surface area (TPSA) is 151 Å². The predicted octanol–water partition coefficient (Wildman–Crippen LogP) is 2.58. The van der Waals surface area contributed by atoms with Crippen molar-refractivity contribution < 1.29 is 19.5 Å². The third-order valence-electron chi connectivity index (χ3n) is 4.88. The third-order valence-corrected chi connectivity index (χ3v) is 5.31. The monoisotopic (exact) mass is 477 g/mol. The van der Waals surface area contributed by atoms with Gasteiger partial charge in [0.15, 0.2) is 5.96 Å². The number of nitrogens with two attached hydrogens (primary N) is 2. The lowest BCUT2D eigenvalue weighted by molar-refractivity contribution is -0.138. The van der Waals surface area contributed by atoms with Gasteiger partial charge in [-0.25, -0.2) is 4.99 Å². The van der Waals surface area contributed by atoms with E-state index in [1.165, 1.54) is 11.0 Å². The van der Waals surface area contributed by atoms with Crippen molar-refractivity contribution in [2.24, 2.45) is 22.4 Å². The highest BCUT2D eigenvalue weighted by Gasteiger charge is 2.36. The Morgan fingerprint density at radius 3 is 2.50 bits per heavy atom. The number of hydrogen-bond acceptors (Lipinski definition) is 4. The number of aliphatic carboxylic acids is 1. The molecule has 0 aromatic heterocycles. The van der Waals surface area contributed by atoms with Gasteiger partial charge in [0.1, 0.15) is 0 Å². The number of amides is 2. The molecule has 0 radical (unpaired) electrons. The van der Waals surface area contributed by atoms with Crippen LogP contribution in [0.3, 0.4) is 0 Å². The average molecular weight is 478 g/mol. The summed E-state index contributed by atoms with van der Waals surface area (Å²) in [6.07, 6.45) is -0.387. The van der Waals surface area contributed by atoms with Crippen LogP contribution in [0.25, 0.3) is 0 Å². The highest BCUT2D eigenvalue weighted by atomic mass is 35.5. The number of anilines is 1. The number of halogens is 2. The molecule has 2 atom stereocenters. The molecule has 3 rings (SSSR count). The number of carboxylic acids is 1. The second-order valence-corrected chi connectivity index (χ2v) is 8.20. The van der Waals surface area contributed by atoms with Crippen molar-refractivity contribution in [1.82, 2.24) is 5.32 Å². The molecule has 1 heterocycles. The van der Waals surface area contributed by atoms with Crippen LogP contribution in [-0.2, 0) is 14.4 Å². The number of nitrogens with zero attached hydrogens (tertiary/aromatic N) is 2. The van der Waals surface area contributed by atoms with E-state index in [0.717, 1.165) is 0 Å². The van der Waals surface area contributed by atoms with Gasteiger partial charge in [0.05, 0.1) is 24.1 Å². The van der Waals surface area contributed by atoms with Gasteiger partial charge in [-0.3, -0.25) is 14.4 Å². The Labute approximate surface area is 194 Å². The molecular weight excluding hydrogens is 457 g/mol. The minimum absolute atomic E-state index is 0.0194. The van der Waals surface area contributed by atoms with Gasteiger partial charge in [0.25, 0.3) is 0 Å². The maximum absolute atomic E-state index is 12.9. The molecule has 6 N–H and O–H groups in total. The zero-order valence-electron chi connectivity index (χ0n) is 16.8. The summed E-state index contributed by atoms with van der Waals surface area (Å²) in [7, 11) is 0. The number of carbonyl (C=O) groups is 3. The first kappa shape index (κ1) is 23.4. The Hall–Kier alpha value is -3.30. The molecular formula is C21H21Cl2N5O4. The molecule has 2 unspecified atom stereocenters. The van der Waals surface area contributed by atoms with Gasteiger partial charge in [0.2, 0.25) is 11.8 Å². The molecule has 9 nitrogen and oxygen atoms in total. The number of carboxylic acid groups (broad SMARTS) is 1. The minimum Gasteiger partial charge on any atom is -0.481 e. The van der Waals surface area contributed by atoms with E-state index in [4.69, 9.17) is 34.7 Å². The fourth-order valence-corrected chi connectivity index (χ4v) is 4.05. The Balaban J connectivity index is 1.76. The summed E-state index contributed by atoms with van der Waals surface area (Å²) in [6.45, 7) is 0.131. The van der Waals surface area contributed by atoms with Crippen LogP contribution in [0.1, 0.15) is 24.4 Å².